The van der Waals surface area contributed by atoms with Crippen molar-refractivity contribution in [3.63, 3.8) is 0 Å². The molecule has 96 valence electrons. The van der Waals surface area contributed by atoms with Gasteiger partial charge in [0.15, 0.2) is 0 Å². The number of halogens is 1. The maximum absolute atomic E-state index is 9.43. The molecule has 0 saturated carbocycles. The van der Waals surface area contributed by atoms with Crippen LogP contribution >= 0.6 is 15.9 Å². The van der Waals surface area contributed by atoms with Gasteiger partial charge in [0.05, 0.1) is 6.61 Å². The van der Waals surface area contributed by atoms with E-state index in [2.05, 4.69) is 47.7 Å². The van der Waals surface area contributed by atoms with Gasteiger partial charge in [-0.1, -0.05) is 36.2 Å². The fourth-order valence-electron chi connectivity index (χ4n) is 1.89. The molecule has 1 rings (SSSR count). The summed E-state index contributed by atoms with van der Waals surface area (Å²) in [5.41, 5.74) is 2.14. The van der Waals surface area contributed by atoms with Gasteiger partial charge in [-0.05, 0) is 31.0 Å². The molecule has 1 N–H and O–H groups in total. The Hall–Kier alpha value is -0.540. The molecule has 0 radical (unpaired) electrons. The van der Waals surface area contributed by atoms with Gasteiger partial charge in [-0.2, -0.15) is 0 Å². The average molecular weight is 300 g/mol. The molecule has 1 aromatic rings. The fraction of sp³-hybridized carbons (Fsp3) is 0.571. The summed E-state index contributed by atoms with van der Waals surface area (Å²) in [6, 6.07) is 6.11. The van der Waals surface area contributed by atoms with Crippen molar-refractivity contribution in [2.75, 3.05) is 18.0 Å². The molecule has 0 amide bonds. The summed E-state index contributed by atoms with van der Waals surface area (Å²) in [6.07, 6.45) is 1.18. The smallest absolute Gasteiger partial charge is 0.0702 e. The van der Waals surface area contributed by atoms with Crippen molar-refractivity contribution in [1.82, 2.24) is 0 Å². The summed E-state index contributed by atoms with van der Waals surface area (Å²) in [4.78, 5) is 2.34. The first-order chi connectivity index (χ1) is 8.12. The van der Waals surface area contributed by atoms with E-state index in [0.717, 1.165) is 28.8 Å². The molecule has 1 unspecified atom stereocenters. The van der Waals surface area contributed by atoms with Crippen molar-refractivity contribution in [1.29, 1.82) is 0 Å². The van der Waals surface area contributed by atoms with Crippen LogP contribution in [0.5, 0.6) is 0 Å². The monoisotopic (exact) mass is 299 g/mol. The Morgan fingerprint density at radius 3 is 2.59 bits per heavy atom. The van der Waals surface area contributed by atoms with Crippen LogP contribution in [0.15, 0.2) is 22.7 Å². The van der Waals surface area contributed by atoms with E-state index in [1.807, 2.05) is 12.1 Å². The number of anilines is 1. The van der Waals surface area contributed by atoms with Gasteiger partial charge in [0.1, 0.15) is 0 Å². The zero-order valence-electron chi connectivity index (χ0n) is 10.9. The first-order valence-corrected chi connectivity index (χ1v) is 7.05. The van der Waals surface area contributed by atoms with E-state index in [0.29, 0.717) is 5.92 Å². The second-order valence-corrected chi connectivity index (χ2v) is 5.40. The van der Waals surface area contributed by atoms with Crippen molar-refractivity contribution < 1.29 is 5.11 Å². The van der Waals surface area contributed by atoms with E-state index in [9.17, 15) is 5.11 Å². The lowest BCUT2D eigenvalue weighted by atomic mass is 10.1. The molecular weight excluding hydrogens is 278 g/mol. The Labute approximate surface area is 113 Å². The molecular formula is C14H22BrNO. The minimum atomic E-state index is 0.0891. The number of hydrogen-bond donors (Lipinski definition) is 1. The molecule has 0 fully saturated rings. The maximum atomic E-state index is 9.43. The van der Waals surface area contributed by atoms with Gasteiger partial charge >= 0.3 is 0 Å². The van der Waals surface area contributed by atoms with Gasteiger partial charge < -0.3 is 10.0 Å². The largest absolute Gasteiger partial charge is 0.392 e. The van der Waals surface area contributed by atoms with Crippen molar-refractivity contribution in [3.05, 3.63) is 28.2 Å². The minimum absolute atomic E-state index is 0.0891. The molecule has 0 heterocycles. The Morgan fingerprint density at radius 2 is 2.06 bits per heavy atom. The molecule has 0 saturated heterocycles. The quantitative estimate of drug-likeness (QED) is 0.863. The van der Waals surface area contributed by atoms with E-state index >= 15 is 0 Å². The topological polar surface area (TPSA) is 23.5 Å². The predicted molar refractivity (Wildman–Crippen MR) is 77.4 cm³/mol. The van der Waals surface area contributed by atoms with E-state index in [1.165, 1.54) is 6.42 Å². The molecule has 0 aliphatic heterocycles. The summed E-state index contributed by atoms with van der Waals surface area (Å²) in [5.74, 6) is 0.671. The lowest BCUT2D eigenvalue weighted by Crippen LogP contribution is -2.28. The van der Waals surface area contributed by atoms with Gasteiger partial charge in [-0.3, -0.25) is 0 Å². The van der Waals surface area contributed by atoms with Crippen LogP contribution in [0.2, 0.25) is 0 Å². The summed E-state index contributed by atoms with van der Waals surface area (Å²) < 4.78 is 1.02. The molecule has 0 spiro atoms. The molecule has 0 aliphatic rings. The number of hydrogen-bond acceptors (Lipinski definition) is 2. The SMILES string of the molecule is CCC(C)CN(CC)c1ccc(Br)cc1CO. The van der Waals surface area contributed by atoms with Gasteiger partial charge in [-0.15, -0.1) is 0 Å². The molecule has 17 heavy (non-hydrogen) atoms. The number of aliphatic hydroxyl groups is 1. The number of rotatable bonds is 6. The molecule has 2 nitrogen and oxygen atoms in total. The summed E-state index contributed by atoms with van der Waals surface area (Å²) in [5, 5.41) is 9.43. The van der Waals surface area contributed by atoms with Gasteiger partial charge in [0, 0.05) is 28.8 Å². The Balaban J connectivity index is 2.94. The zero-order chi connectivity index (χ0) is 12.8. The molecule has 0 aliphatic carbocycles. The highest BCUT2D eigenvalue weighted by Crippen LogP contribution is 2.25. The zero-order valence-corrected chi connectivity index (χ0v) is 12.5. The Kier molecular flexibility index (Phi) is 6.00. The van der Waals surface area contributed by atoms with Crippen LogP contribution in [0.25, 0.3) is 0 Å². The third-order valence-electron chi connectivity index (χ3n) is 3.16. The highest BCUT2D eigenvalue weighted by Gasteiger charge is 2.12. The third-order valence-corrected chi connectivity index (χ3v) is 3.66. The number of aliphatic hydroxyl groups excluding tert-OH is 1. The van der Waals surface area contributed by atoms with E-state index < -0.39 is 0 Å². The molecule has 0 aromatic heterocycles. The molecule has 3 heteroatoms. The summed E-state index contributed by atoms with van der Waals surface area (Å²) >= 11 is 3.44. The minimum Gasteiger partial charge on any atom is -0.392 e. The maximum Gasteiger partial charge on any atom is 0.0702 e. The van der Waals surface area contributed by atoms with Crippen LogP contribution in [0.4, 0.5) is 5.69 Å². The van der Waals surface area contributed by atoms with E-state index in [-0.39, 0.29) is 6.61 Å². The van der Waals surface area contributed by atoms with E-state index in [4.69, 9.17) is 0 Å². The molecule has 0 bridgehead atoms. The predicted octanol–water partition coefficient (Wildman–Crippen LogP) is 3.81. The number of nitrogens with zero attached hydrogens (tertiary/aromatic N) is 1. The lowest BCUT2D eigenvalue weighted by molar-refractivity contribution is 0.282. The van der Waals surface area contributed by atoms with Gasteiger partial charge in [-0.25, -0.2) is 0 Å². The van der Waals surface area contributed by atoms with Crippen molar-refractivity contribution in [2.24, 2.45) is 5.92 Å². The highest BCUT2D eigenvalue weighted by molar-refractivity contribution is 9.10. The second kappa shape index (κ2) is 7.02. The van der Waals surface area contributed by atoms with Crippen LogP contribution in [0.3, 0.4) is 0 Å². The standard InChI is InChI=1S/C14H22BrNO/c1-4-11(3)9-16(5-2)14-7-6-13(15)8-12(14)10-17/h6-8,11,17H,4-5,9-10H2,1-3H3. The summed E-state index contributed by atoms with van der Waals surface area (Å²) in [6.45, 7) is 8.74. The van der Waals surface area contributed by atoms with Crippen LogP contribution in [-0.2, 0) is 6.61 Å². The van der Waals surface area contributed by atoms with Crippen LogP contribution in [0.1, 0.15) is 32.8 Å². The van der Waals surface area contributed by atoms with Crippen LogP contribution < -0.4 is 4.90 Å². The first-order valence-electron chi connectivity index (χ1n) is 6.26. The normalized spacial score (nSPS) is 12.5. The molecule has 1 atom stereocenters. The number of benzene rings is 1. The van der Waals surface area contributed by atoms with E-state index in [1.54, 1.807) is 0 Å². The van der Waals surface area contributed by atoms with Crippen LogP contribution in [-0.4, -0.2) is 18.2 Å². The van der Waals surface area contributed by atoms with Crippen molar-refractivity contribution >= 4 is 21.6 Å². The Bertz CT molecular complexity index is 354. The van der Waals surface area contributed by atoms with Crippen LogP contribution in [0, 0.1) is 5.92 Å². The van der Waals surface area contributed by atoms with Gasteiger partial charge in [0.2, 0.25) is 0 Å². The second-order valence-electron chi connectivity index (χ2n) is 4.48. The third kappa shape index (κ3) is 4.00. The summed E-state index contributed by atoms with van der Waals surface area (Å²) in [7, 11) is 0. The first kappa shape index (κ1) is 14.5. The van der Waals surface area contributed by atoms with Gasteiger partial charge in [0.25, 0.3) is 0 Å². The van der Waals surface area contributed by atoms with Crippen molar-refractivity contribution in [3.8, 4) is 0 Å². The molecule has 1 aromatic carbocycles. The van der Waals surface area contributed by atoms with Crippen molar-refractivity contribution in [2.45, 2.75) is 33.8 Å². The average Bonchev–Trinajstić information content (AvgIpc) is 2.35. The Morgan fingerprint density at radius 1 is 1.35 bits per heavy atom. The fourth-order valence-corrected chi connectivity index (χ4v) is 2.30. The highest BCUT2D eigenvalue weighted by atomic mass is 79.9. The lowest BCUT2D eigenvalue weighted by Gasteiger charge is -2.28.